The predicted octanol–water partition coefficient (Wildman–Crippen LogP) is 4.33. The van der Waals surface area contributed by atoms with Crippen molar-refractivity contribution in [2.75, 3.05) is 20.0 Å². The molecule has 0 aliphatic carbocycles. The highest BCUT2D eigenvalue weighted by Gasteiger charge is 2.20. The van der Waals surface area contributed by atoms with E-state index in [9.17, 15) is 4.79 Å². The van der Waals surface area contributed by atoms with E-state index in [1.165, 1.54) is 11.3 Å². The Morgan fingerprint density at radius 2 is 1.48 bits per heavy atom. The van der Waals surface area contributed by atoms with Crippen LogP contribution < -0.4 is 20.9 Å². The van der Waals surface area contributed by atoms with Crippen molar-refractivity contribution in [3.05, 3.63) is 59.5 Å². The molecular weight excluding hydrogens is 386 g/mol. The molecule has 6 nitrogen and oxygen atoms in total. The van der Waals surface area contributed by atoms with Gasteiger partial charge in [0.15, 0.2) is 0 Å². The van der Waals surface area contributed by atoms with E-state index in [4.69, 9.17) is 25.9 Å². The van der Waals surface area contributed by atoms with Crippen LogP contribution in [0, 0.1) is 0 Å². The van der Waals surface area contributed by atoms with E-state index in [1.54, 1.807) is 14.2 Å². The summed E-state index contributed by atoms with van der Waals surface area (Å²) in [7, 11) is 3.25. The maximum absolute atomic E-state index is 11.8. The molecule has 4 N–H and O–H groups in total. The fraction of sp³-hybridized carbons (Fsp3) is 0.0909. The smallest absolute Gasteiger partial charge is 0.260 e. The standard InChI is InChI=1S/C22H19N3O3S/c1-27-14-7-3-12(4-8-14)16-11-17(13-5-9-15(28-2)10-6-13)25-22-18(16)19(23)20(29-22)21(24)26/h3-11H,23H2,1-2H3,(H2,24,26). The second-order valence-electron chi connectivity index (χ2n) is 6.40. The lowest BCUT2D eigenvalue weighted by Gasteiger charge is -2.10. The minimum atomic E-state index is -0.558. The Labute approximate surface area is 171 Å². The zero-order chi connectivity index (χ0) is 20.5. The number of hydrogen-bond donors (Lipinski definition) is 2. The third-order valence-corrected chi connectivity index (χ3v) is 5.82. The lowest BCUT2D eigenvalue weighted by molar-refractivity contribution is 0.100. The fourth-order valence-electron chi connectivity index (χ4n) is 3.21. The monoisotopic (exact) mass is 405 g/mol. The van der Waals surface area contributed by atoms with E-state index in [2.05, 4.69) is 0 Å². The molecule has 0 aliphatic rings. The Kier molecular flexibility index (Phi) is 4.82. The molecule has 0 saturated carbocycles. The van der Waals surface area contributed by atoms with E-state index < -0.39 is 5.91 Å². The van der Waals surface area contributed by atoms with Crippen molar-refractivity contribution in [3.8, 4) is 33.9 Å². The molecule has 0 bridgehead atoms. The summed E-state index contributed by atoms with van der Waals surface area (Å²) in [6, 6.07) is 17.3. The van der Waals surface area contributed by atoms with E-state index in [0.717, 1.165) is 39.3 Å². The molecule has 2 aromatic heterocycles. The minimum absolute atomic E-state index is 0.314. The van der Waals surface area contributed by atoms with Gasteiger partial charge in [0.1, 0.15) is 21.2 Å². The highest BCUT2D eigenvalue weighted by molar-refractivity contribution is 7.21. The Morgan fingerprint density at radius 3 is 2.00 bits per heavy atom. The predicted molar refractivity (Wildman–Crippen MR) is 117 cm³/mol. The van der Waals surface area contributed by atoms with Gasteiger partial charge in [-0.05, 0) is 53.6 Å². The SMILES string of the molecule is COc1ccc(-c2cc(-c3ccc(OC)cc3)c3c(N)c(C(N)=O)sc3n2)cc1. The Bertz CT molecular complexity index is 1200. The van der Waals surface area contributed by atoms with Gasteiger partial charge < -0.3 is 20.9 Å². The largest absolute Gasteiger partial charge is 0.497 e. The quantitative estimate of drug-likeness (QED) is 0.515. The number of nitrogens with zero attached hydrogens (tertiary/aromatic N) is 1. The molecule has 0 radical (unpaired) electrons. The van der Waals surface area contributed by atoms with Gasteiger partial charge in [0.25, 0.3) is 5.91 Å². The number of carbonyl (C=O) groups is 1. The van der Waals surface area contributed by atoms with Gasteiger partial charge in [-0.3, -0.25) is 4.79 Å². The number of methoxy groups -OCH3 is 2. The number of hydrogen-bond acceptors (Lipinski definition) is 6. The van der Waals surface area contributed by atoms with E-state index in [0.29, 0.717) is 15.4 Å². The lowest BCUT2D eigenvalue weighted by Crippen LogP contribution is -2.10. The highest BCUT2D eigenvalue weighted by Crippen LogP contribution is 2.41. The molecule has 4 rings (SSSR count). The van der Waals surface area contributed by atoms with Crippen LogP contribution in [0.2, 0.25) is 0 Å². The first-order valence-electron chi connectivity index (χ1n) is 8.83. The molecule has 4 aromatic rings. The first-order chi connectivity index (χ1) is 14.0. The summed E-state index contributed by atoms with van der Waals surface area (Å²) in [4.78, 5) is 17.6. The number of thiophene rings is 1. The maximum atomic E-state index is 11.8. The zero-order valence-corrected chi connectivity index (χ0v) is 16.7. The van der Waals surface area contributed by atoms with Crippen LogP contribution in [0.5, 0.6) is 11.5 Å². The van der Waals surface area contributed by atoms with Crippen molar-refractivity contribution >= 4 is 33.1 Å². The van der Waals surface area contributed by atoms with Gasteiger partial charge in [0.2, 0.25) is 0 Å². The van der Waals surface area contributed by atoms with Crippen molar-refractivity contribution in [1.82, 2.24) is 4.98 Å². The molecule has 0 atom stereocenters. The molecule has 0 saturated heterocycles. The summed E-state index contributed by atoms with van der Waals surface area (Å²) >= 11 is 1.20. The van der Waals surface area contributed by atoms with Crippen LogP contribution in [0.25, 0.3) is 32.6 Å². The summed E-state index contributed by atoms with van der Waals surface area (Å²) < 4.78 is 10.5. The molecule has 0 aliphatic heterocycles. The van der Waals surface area contributed by atoms with Gasteiger partial charge >= 0.3 is 0 Å². The average molecular weight is 405 g/mol. The number of benzene rings is 2. The van der Waals surface area contributed by atoms with Crippen LogP contribution in [-0.4, -0.2) is 25.1 Å². The first-order valence-corrected chi connectivity index (χ1v) is 9.65. The van der Waals surface area contributed by atoms with Crippen LogP contribution in [0.3, 0.4) is 0 Å². The number of primary amides is 1. The molecule has 146 valence electrons. The number of amides is 1. The lowest BCUT2D eigenvalue weighted by atomic mass is 9.99. The van der Waals surface area contributed by atoms with E-state index in [-0.39, 0.29) is 0 Å². The minimum Gasteiger partial charge on any atom is -0.497 e. The number of carbonyl (C=O) groups excluding carboxylic acids is 1. The van der Waals surface area contributed by atoms with Gasteiger partial charge in [0, 0.05) is 10.9 Å². The van der Waals surface area contributed by atoms with Crippen LogP contribution in [0.4, 0.5) is 5.69 Å². The number of fused-ring (bicyclic) bond motifs is 1. The number of nitrogen functional groups attached to an aromatic ring is 1. The van der Waals surface area contributed by atoms with E-state index >= 15 is 0 Å². The van der Waals surface area contributed by atoms with Gasteiger partial charge in [-0.1, -0.05) is 12.1 Å². The summed E-state index contributed by atoms with van der Waals surface area (Å²) in [6.07, 6.45) is 0. The first kappa shape index (κ1) is 18.8. The number of pyridine rings is 1. The molecule has 2 heterocycles. The van der Waals surface area contributed by atoms with Gasteiger partial charge in [-0.2, -0.15) is 0 Å². The van der Waals surface area contributed by atoms with Crippen molar-refractivity contribution in [2.45, 2.75) is 0 Å². The molecular formula is C22H19N3O3S. The van der Waals surface area contributed by atoms with Crippen molar-refractivity contribution < 1.29 is 14.3 Å². The Balaban J connectivity index is 1.97. The average Bonchev–Trinajstić information content (AvgIpc) is 3.10. The summed E-state index contributed by atoms with van der Waals surface area (Å²) in [5.74, 6) is 0.962. The third kappa shape index (κ3) is 3.36. The second-order valence-corrected chi connectivity index (χ2v) is 7.40. The summed E-state index contributed by atoms with van der Waals surface area (Å²) in [6.45, 7) is 0. The number of nitrogens with two attached hydrogens (primary N) is 2. The molecule has 1 amide bonds. The van der Waals surface area contributed by atoms with Gasteiger partial charge in [-0.25, -0.2) is 4.98 Å². The van der Waals surface area contributed by atoms with E-state index in [1.807, 2.05) is 54.6 Å². The van der Waals surface area contributed by atoms with Crippen LogP contribution in [0.15, 0.2) is 54.6 Å². The van der Waals surface area contributed by atoms with Crippen molar-refractivity contribution in [1.29, 1.82) is 0 Å². The van der Waals surface area contributed by atoms with Crippen LogP contribution in [0.1, 0.15) is 9.67 Å². The molecule has 0 fully saturated rings. The van der Waals surface area contributed by atoms with Gasteiger partial charge in [0.05, 0.1) is 25.6 Å². The number of rotatable bonds is 5. The Morgan fingerprint density at radius 1 is 0.931 bits per heavy atom. The normalized spacial score (nSPS) is 10.8. The topological polar surface area (TPSA) is 100 Å². The highest BCUT2D eigenvalue weighted by atomic mass is 32.1. The van der Waals surface area contributed by atoms with Crippen molar-refractivity contribution in [3.63, 3.8) is 0 Å². The molecule has 0 unspecified atom stereocenters. The summed E-state index contributed by atoms with van der Waals surface area (Å²) in [5.41, 5.74) is 15.7. The number of ether oxygens (including phenoxy) is 2. The fourth-order valence-corrected chi connectivity index (χ4v) is 4.18. The maximum Gasteiger partial charge on any atom is 0.260 e. The third-order valence-electron chi connectivity index (χ3n) is 4.71. The van der Waals surface area contributed by atoms with Crippen LogP contribution in [-0.2, 0) is 0 Å². The molecule has 0 spiro atoms. The Hall–Kier alpha value is -3.58. The molecule has 2 aromatic carbocycles. The van der Waals surface area contributed by atoms with Gasteiger partial charge in [-0.15, -0.1) is 11.3 Å². The molecule has 29 heavy (non-hydrogen) atoms. The van der Waals surface area contributed by atoms with Crippen molar-refractivity contribution in [2.24, 2.45) is 5.73 Å². The number of aromatic nitrogens is 1. The second kappa shape index (κ2) is 7.44. The zero-order valence-electron chi connectivity index (χ0n) is 15.9. The molecule has 7 heteroatoms. The number of anilines is 1. The summed E-state index contributed by atoms with van der Waals surface area (Å²) in [5, 5.41) is 0.728. The van der Waals surface area contributed by atoms with Crippen LogP contribution >= 0.6 is 11.3 Å².